The molecule has 1 aromatic heterocycles. The van der Waals surface area contributed by atoms with E-state index in [4.69, 9.17) is 9.84 Å². The van der Waals surface area contributed by atoms with Gasteiger partial charge in [0.15, 0.2) is 5.82 Å². The summed E-state index contributed by atoms with van der Waals surface area (Å²) >= 11 is 0. The molecule has 0 fully saturated rings. The summed E-state index contributed by atoms with van der Waals surface area (Å²) in [5.41, 5.74) is 0.715. The maximum Gasteiger partial charge on any atom is 0.156 e. The average Bonchev–Trinajstić information content (AvgIpc) is 2.18. The Morgan fingerprint density at radius 3 is 2.54 bits per heavy atom. The van der Waals surface area contributed by atoms with Crippen LogP contribution in [0.25, 0.3) is 0 Å². The normalized spacial score (nSPS) is 12.8. The minimum atomic E-state index is -0.0854. The lowest BCUT2D eigenvalue weighted by atomic mass is 10.3. The Labute approximate surface area is 77.6 Å². The molecule has 1 N–H and O–H groups in total. The van der Waals surface area contributed by atoms with Gasteiger partial charge in [0.1, 0.15) is 6.10 Å². The molecule has 72 valence electrons. The van der Waals surface area contributed by atoms with Crippen LogP contribution in [0.1, 0.15) is 31.3 Å². The fourth-order valence-corrected chi connectivity index (χ4v) is 0.981. The van der Waals surface area contributed by atoms with E-state index < -0.39 is 0 Å². The number of hydrogen-bond acceptors (Lipinski definition) is 4. The molecule has 4 heteroatoms. The van der Waals surface area contributed by atoms with Gasteiger partial charge in [0, 0.05) is 24.6 Å². The Morgan fingerprint density at radius 2 is 2.08 bits per heavy atom. The maximum absolute atomic E-state index is 8.76. The molecule has 1 aromatic rings. The SMILES string of the molecule is CCOC(C)c1ncc(CO)cn1. The lowest BCUT2D eigenvalue weighted by Gasteiger charge is -2.09. The summed E-state index contributed by atoms with van der Waals surface area (Å²) in [4.78, 5) is 8.14. The maximum atomic E-state index is 8.76. The highest BCUT2D eigenvalue weighted by molar-refractivity contribution is 5.04. The van der Waals surface area contributed by atoms with Gasteiger partial charge in [0.25, 0.3) is 0 Å². The van der Waals surface area contributed by atoms with Gasteiger partial charge in [-0.15, -0.1) is 0 Å². The van der Waals surface area contributed by atoms with Crippen molar-refractivity contribution in [3.05, 3.63) is 23.8 Å². The van der Waals surface area contributed by atoms with Gasteiger partial charge in [0.05, 0.1) is 6.61 Å². The second-order valence-corrected chi connectivity index (χ2v) is 2.71. The third-order valence-corrected chi connectivity index (χ3v) is 1.69. The summed E-state index contributed by atoms with van der Waals surface area (Å²) in [6.07, 6.45) is 3.13. The Morgan fingerprint density at radius 1 is 1.46 bits per heavy atom. The summed E-state index contributed by atoms with van der Waals surface area (Å²) < 4.78 is 5.31. The van der Waals surface area contributed by atoms with Crippen LogP contribution in [-0.4, -0.2) is 21.7 Å². The van der Waals surface area contributed by atoms with E-state index in [2.05, 4.69) is 9.97 Å². The molecule has 0 spiro atoms. The highest BCUT2D eigenvalue weighted by Gasteiger charge is 2.06. The highest BCUT2D eigenvalue weighted by Crippen LogP contribution is 2.10. The van der Waals surface area contributed by atoms with Gasteiger partial charge >= 0.3 is 0 Å². The number of aliphatic hydroxyl groups excluding tert-OH is 1. The van der Waals surface area contributed by atoms with Crippen molar-refractivity contribution in [1.82, 2.24) is 9.97 Å². The molecule has 1 atom stereocenters. The molecule has 4 nitrogen and oxygen atoms in total. The van der Waals surface area contributed by atoms with Gasteiger partial charge in [-0.05, 0) is 13.8 Å². The van der Waals surface area contributed by atoms with E-state index in [1.807, 2.05) is 13.8 Å². The molecule has 0 aliphatic rings. The molecule has 1 rings (SSSR count). The van der Waals surface area contributed by atoms with Crippen LogP contribution in [0, 0.1) is 0 Å². The van der Waals surface area contributed by atoms with Crippen molar-refractivity contribution in [3.8, 4) is 0 Å². The van der Waals surface area contributed by atoms with Crippen LogP contribution >= 0.6 is 0 Å². The van der Waals surface area contributed by atoms with E-state index >= 15 is 0 Å². The zero-order valence-electron chi connectivity index (χ0n) is 7.90. The van der Waals surface area contributed by atoms with E-state index in [1.54, 1.807) is 12.4 Å². The Hall–Kier alpha value is -1.00. The van der Waals surface area contributed by atoms with Crippen molar-refractivity contribution in [2.24, 2.45) is 0 Å². The van der Waals surface area contributed by atoms with Crippen molar-refractivity contribution < 1.29 is 9.84 Å². The third-order valence-electron chi connectivity index (χ3n) is 1.69. The molecule has 13 heavy (non-hydrogen) atoms. The standard InChI is InChI=1S/C9H14N2O2/c1-3-13-7(2)9-10-4-8(6-12)5-11-9/h4-5,7,12H,3,6H2,1-2H3. The minimum absolute atomic E-state index is 0.0245. The molecule has 0 aromatic carbocycles. The topological polar surface area (TPSA) is 55.2 Å². The monoisotopic (exact) mass is 182 g/mol. The van der Waals surface area contributed by atoms with Crippen LogP contribution in [0.15, 0.2) is 12.4 Å². The van der Waals surface area contributed by atoms with Crippen LogP contribution in [0.5, 0.6) is 0 Å². The molecule has 0 saturated heterocycles. The van der Waals surface area contributed by atoms with Gasteiger partial charge in [0.2, 0.25) is 0 Å². The molecular weight excluding hydrogens is 168 g/mol. The Kier molecular flexibility index (Phi) is 3.79. The van der Waals surface area contributed by atoms with Crippen molar-refractivity contribution >= 4 is 0 Å². The smallest absolute Gasteiger partial charge is 0.156 e. The van der Waals surface area contributed by atoms with E-state index in [0.717, 1.165) is 0 Å². The predicted molar refractivity (Wildman–Crippen MR) is 48.0 cm³/mol. The van der Waals surface area contributed by atoms with E-state index in [1.165, 1.54) is 0 Å². The van der Waals surface area contributed by atoms with Crippen molar-refractivity contribution in [3.63, 3.8) is 0 Å². The number of hydrogen-bond donors (Lipinski definition) is 1. The van der Waals surface area contributed by atoms with Crippen LogP contribution in [0.2, 0.25) is 0 Å². The molecule has 1 unspecified atom stereocenters. The third kappa shape index (κ3) is 2.75. The first-order valence-corrected chi connectivity index (χ1v) is 4.31. The minimum Gasteiger partial charge on any atom is -0.392 e. The molecule has 0 saturated carbocycles. The van der Waals surface area contributed by atoms with Gasteiger partial charge in [-0.1, -0.05) is 0 Å². The van der Waals surface area contributed by atoms with Gasteiger partial charge in [-0.3, -0.25) is 0 Å². The van der Waals surface area contributed by atoms with Crippen LogP contribution in [0.3, 0.4) is 0 Å². The number of aliphatic hydroxyl groups is 1. The highest BCUT2D eigenvalue weighted by atomic mass is 16.5. The zero-order valence-corrected chi connectivity index (χ0v) is 7.90. The summed E-state index contributed by atoms with van der Waals surface area (Å²) in [6.45, 7) is 4.45. The predicted octanol–water partition coefficient (Wildman–Crippen LogP) is 1.07. The Bertz CT molecular complexity index is 248. The van der Waals surface area contributed by atoms with Crippen molar-refractivity contribution in [2.45, 2.75) is 26.6 Å². The second-order valence-electron chi connectivity index (χ2n) is 2.71. The van der Waals surface area contributed by atoms with Crippen LogP contribution < -0.4 is 0 Å². The fraction of sp³-hybridized carbons (Fsp3) is 0.556. The lowest BCUT2D eigenvalue weighted by Crippen LogP contribution is -2.05. The first kappa shape index (κ1) is 10.1. The zero-order chi connectivity index (χ0) is 9.68. The average molecular weight is 182 g/mol. The van der Waals surface area contributed by atoms with Crippen molar-refractivity contribution in [1.29, 1.82) is 0 Å². The molecule has 0 amide bonds. The lowest BCUT2D eigenvalue weighted by molar-refractivity contribution is 0.0699. The molecule has 0 aliphatic heterocycles. The molecule has 0 radical (unpaired) electrons. The molecule has 1 heterocycles. The second kappa shape index (κ2) is 4.89. The number of nitrogens with zero attached hydrogens (tertiary/aromatic N) is 2. The summed E-state index contributed by atoms with van der Waals surface area (Å²) in [6, 6.07) is 0. The van der Waals surface area contributed by atoms with E-state index in [9.17, 15) is 0 Å². The first-order chi connectivity index (χ1) is 6.27. The van der Waals surface area contributed by atoms with E-state index in [0.29, 0.717) is 18.0 Å². The van der Waals surface area contributed by atoms with Crippen LogP contribution in [-0.2, 0) is 11.3 Å². The van der Waals surface area contributed by atoms with Crippen LogP contribution in [0.4, 0.5) is 0 Å². The summed E-state index contributed by atoms with van der Waals surface area (Å²) in [7, 11) is 0. The molecular formula is C9H14N2O2. The largest absolute Gasteiger partial charge is 0.392 e. The quantitative estimate of drug-likeness (QED) is 0.756. The molecule has 0 bridgehead atoms. The summed E-state index contributed by atoms with van der Waals surface area (Å²) in [5.74, 6) is 0.652. The number of rotatable bonds is 4. The number of ether oxygens (including phenoxy) is 1. The Balaban J connectivity index is 2.67. The van der Waals surface area contributed by atoms with Gasteiger partial charge in [-0.2, -0.15) is 0 Å². The van der Waals surface area contributed by atoms with E-state index in [-0.39, 0.29) is 12.7 Å². The molecule has 0 aliphatic carbocycles. The first-order valence-electron chi connectivity index (χ1n) is 4.31. The van der Waals surface area contributed by atoms with Crippen molar-refractivity contribution in [2.75, 3.05) is 6.61 Å². The fourth-order valence-electron chi connectivity index (χ4n) is 0.981. The van der Waals surface area contributed by atoms with Gasteiger partial charge in [-0.25, -0.2) is 9.97 Å². The summed E-state index contributed by atoms with van der Waals surface area (Å²) in [5, 5.41) is 8.76. The van der Waals surface area contributed by atoms with Gasteiger partial charge < -0.3 is 9.84 Å². The number of aromatic nitrogens is 2.